The molecule has 3 aromatic heterocycles. The first kappa shape index (κ1) is 26.3. The predicted octanol–water partition coefficient (Wildman–Crippen LogP) is 7.50. The van der Waals surface area contributed by atoms with Crippen LogP contribution in [-0.4, -0.2) is 35.2 Å². The summed E-state index contributed by atoms with van der Waals surface area (Å²) >= 11 is 1.51. The fourth-order valence-corrected chi connectivity index (χ4v) is 5.47. The number of benzene rings is 3. The van der Waals surface area contributed by atoms with Gasteiger partial charge in [0.1, 0.15) is 22.9 Å². The Hall–Kier alpha value is -4.89. The Labute approximate surface area is 240 Å². The first-order chi connectivity index (χ1) is 19.9. The molecule has 0 amide bonds. The lowest BCUT2D eigenvalue weighted by atomic mass is 10.1. The van der Waals surface area contributed by atoms with E-state index in [2.05, 4.69) is 24.1 Å². The number of pyridine rings is 2. The van der Waals surface area contributed by atoms with Gasteiger partial charge in [-0.25, -0.2) is 9.97 Å². The van der Waals surface area contributed by atoms with Crippen molar-refractivity contribution < 1.29 is 14.2 Å². The van der Waals surface area contributed by atoms with Crippen molar-refractivity contribution in [2.24, 2.45) is 0 Å². The summed E-state index contributed by atoms with van der Waals surface area (Å²) in [4.78, 5) is 27.0. The van der Waals surface area contributed by atoms with Crippen molar-refractivity contribution >= 4 is 38.3 Å². The van der Waals surface area contributed by atoms with Crippen LogP contribution in [0.15, 0.2) is 83.0 Å². The van der Waals surface area contributed by atoms with Gasteiger partial charge in [-0.15, -0.1) is 11.3 Å². The number of fused-ring (bicyclic) bond motifs is 2. The molecular formula is C32H28N4O4S. The van der Waals surface area contributed by atoms with Crippen molar-refractivity contribution in [2.45, 2.75) is 19.9 Å². The molecule has 206 valence electrons. The van der Waals surface area contributed by atoms with Crippen molar-refractivity contribution in [3.63, 3.8) is 0 Å². The number of rotatable bonds is 8. The minimum atomic E-state index is -0.239. The fourth-order valence-electron chi connectivity index (χ4n) is 4.62. The largest absolute Gasteiger partial charge is 0.497 e. The Bertz CT molecular complexity index is 1930. The maximum atomic E-state index is 14.0. The quantitative estimate of drug-likeness (QED) is 0.198. The van der Waals surface area contributed by atoms with E-state index in [0.717, 1.165) is 16.1 Å². The normalized spacial score (nSPS) is 11.2. The monoisotopic (exact) mass is 564 g/mol. The molecule has 41 heavy (non-hydrogen) atoms. The zero-order chi connectivity index (χ0) is 28.5. The van der Waals surface area contributed by atoms with E-state index in [-0.39, 0.29) is 17.2 Å². The standard InChI is InChI=1S/C32H28N4O4S/c1-18(2)33-32-36-27(17-41-32)26-16-28(22-12-10-20(38-3)14-24(22)34-26)40-31-29(19-8-6-5-7-9-19)35-25-15-21(39-4)11-13-23(25)30(31)37/h5-18H,1-4H3,(H,33,36)(H,35,37). The highest BCUT2D eigenvalue weighted by Gasteiger charge is 2.20. The first-order valence-electron chi connectivity index (χ1n) is 13.1. The summed E-state index contributed by atoms with van der Waals surface area (Å²) in [7, 11) is 3.21. The number of hydrogen-bond donors (Lipinski definition) is 2. The van der Waals surface area contributed by atoms with E-state index in [1.54, 1.807) is 26.4 Å². The van der Waals surface area contributed by atoms with Gasteiger partial charge in [0, 0.05) is 46.0 Å². The van der Waals surface area contributed by atoms with Crippen LogP contribution in [0.3, 0.4) is 0 Å². The number of nitrogens with zero attached hydrogens (tertiary/aromatic N) is 2. The van der Waals surface area contributed by atoms with Crippen LogP contribution in [0.5, 0.6) is 23.0 Å². The highest BCUT2D eigenvalue weighted by Crippen LogP contribution is 2.38. The molecular weight excluding hydrogens is 536 g/mol. The number of hydrogen-bond acceptors (Lipinski definition) is 8. The molecule has 2 N–H and O–H groups in total. The minimum Gasteiger partial charge on any atom is -0.497 e. The second kappa shape index (κ2) is 10.9. The fraction of sp³-hybridized carbons (Fsp3) is 0.156. The van der Waals surface area contributed by atoms with Crippen molar-refractivity contribution in [2.75, 3.05) is 19.5 Å². The third kappa shape index (κ3) is 5.19. The summed E-state index contributed by atoms with van der Waals surface area (Å²) in [6, 6.07) is 22.6. The van der Waals surface area contributed by atoms with Crippen LogP contribution in [-0.2, 0) is 0 Å². The van der Waals surface area contributed by atoms with Crippen LogP contribution >= 0.6 is 11.3 Å². The smallest absolute Gasteiger partial charge is 0.232 e. The zero-order valence-electron chi connectivity index (χ0n) is 23.0. The number of ether oxygens (including phenoxy) is 3. The summed E-state index contributed by atoms with van der Waals surface area (Å²) in [5.74, 6) is 1.98. The SMILES string of the molecule is COc1ccc2c(Oc3c(-c4ccccc4)[nH]c4cc(OC)ccc4c3=O)cc(-c3csc(NC(C)C)n3)nc2c1. The molecule has 9 heteroatoms. The lowest BCUT2D eigenvalue weighted by Gasteiger charge is -2.15. The molecule has 0 saturated heterocycles. The van der Waals surface area contributed by atoms with Crippen molar-refractivity contribution in [3.8, 4) is 45.6 Å². The van der Waals surface area contributed by atoms with Gasteiger partial charge in [-0.05, 0) is 38.1 Å². The topological polar surface area (TPSA) is 98.4 Å². The van der Waals surface area contributed by atoms with Gasteiger partial charge in [-0.2, -0.15) is 0 Å². The number of thiazole rings is 1. The van der Waals surface area contributed by atoms with Gasteiger partial charge >= 0.3 is 0 Å². The highest BCUT2D eigenvalue weighted by molar-refractivity contribution is 7.14. The molecule has 0 aliphatic rings. The first-order valence-corrected chi connectivity index (χ1v) is 14.0. The van der Waals surface area contributed by atoms with Crippen LogP contribution in [0.25, 0.3) is 44.5 Å². The van der Waals surface area contributed by atoms with E-state index in [4.69, 9.17) is 24.2 Å². The number of anilines is 1. The van der Waals surface area contributed by atoms with Gasteiger partial charge in [0.15, 0.2) is 10.9 Å². The van der Waals surface area contributed by atoms with E-state index in [1.165, 1.54) is 11.3 Å². The summed E-state index contributed by atoms with van der Waals surface area (Å²) < 4.78 is 17.4. The Morgan fingerprint density at radius 1 is 0.854 bits per heavy atom. The number of aromatic amines is 1. The Kier molecular flexibility index (Phi) is 7.03. The average Bonchev–Trinajstić information content (AvgIpc) is 3.46. The molecule has 0 bridgehead atoms. The van der Waals surface area contributed by atoms with Crippen molar-refractivity contribution in [1.82, 2.24) is 15.0 Å². The van der Waals surface area contributed by atoms with E-state index in [9.17, 15) is 4.79 Å². The van der Waals surface area contributed by atoms with Gasteiger partial charge in [0.2, 0.25) is 5.43 Å². The van der Waals surface area contributed by atoms with Crippen LogP contribution < -0.4 is 25.0 Å². The lowest BCUT2D eigenvalue weighted by Crippen LogP contribution is -2.10. The zero-order valence-corrected chi connectivity index (χ0v) is 23.8. The van der Waals surface area contributed by atoms with E-state index in [0.29, 0.717) is 50.7 Å². The Morgan fingerprint density at radius 3 is 2.32 bits per heavy atom. The lowest BCUT2D eigenvalue weighted by molar-refractivity contribution is 0.415. The predicted molar refractivity (Wildman–Crippen MR) is 165 cm³/mol. The Morgan fingerprint density at radius 2 is 1.59 bits per heavy atom. The van der Waals surface area contributed by atoms with E-state index < -0.39 is 0 Å². The summed E-state index contributed by atoms with van der Waals surface area (Å²) in [6.45, 7) is 4.13. The van der Waals surface area contributed by atoms with Crippen molar-refractivity contribution in [3.05, 3.63) is 88.4 Å². The van der Waals surface area contributed by atoms with Crippen molar-refractivity contribution in [1.29, 1.82) is 0 Å². The number of H-pyrrole nitrogens is 1. The van der Waals surface area contributed by atoms with Crippen LogP contribution in [0.1, 0.15) is 13.8 Å². The molecule has 0 aliphatic carbocycles. The number of aromatic nitrogens is 3. The molecule has 0 spiro atoms. The van der Waals surface area contributed by atoms with Crippen LogP contribution in [0.4, 0.5) is 5.13 Å². The molecule has 0 aliphatic heterocycles. The second-order valence-corrected chi connectivity index (χ2v) is 10.6. The molecule has 0 saturated carbocycles. The number of methoxy groups -OCH3 is 2. The molecule has 0 unspecified atom stereocenters. The Balaban J connectivity index is 1.56. The van der Waals surface area contributed by atoms with E-state index >= 15 is 0 Å². The molecule has 0 atom stereocenters. The summed E-state index contributed by atoms with van der Waals surface area (Å²) in [5, 5.41) is 7.32. The van der Waals surface area contributed by atoms with Gasteiger partial charge in [-0.1, -0.05) is 30.3 Å². The maximum Gasteiger partial charge on any atom is 0.232 e. The average molecular weight is 565 g/mol. The van der Waals surface area contributed by atoms with Gasteiger partial charge < -0.3 is 24.5 Å². The molecule has 0 fully saturated rings. The summed E-state index contributed by atoms with van der Waals surface area (Å²) in [5.41, 5.74) is 3.77. The molecule has 8 nitrogen and oxygen atoms in total. The van der Waals surface area contributed by atoms with Crippen LogP contribution in [0, 0.1) is 0 Å². The van der Waals surface area contributed by atoms with Gasteiger partial charge in [0.05, 0.1) is 36.6 Å². The molecule has 6 aromatic rings. The maximum absolute atomic E-state index is 14.0. The van der Waals surface area contributed by atoms with E-state index in [1.807, 2.05) is 66.0 Å². The molecule has 0 radical (unpaired) electrons. The second-order valence-electron chi connectivity index (χ2n) is 9.76. The molecule has 3 aromatic carbocycles. The van der Waals surface area contributed by atoms with Crippen LogP contribution in [0.2, 0.25) is 0 Å². The number of nitrogens with one attached hydrogen (secondary N) is 2. The van der Waals surface area contributed by atoms with Gasteiger partial charge in [-0.3, -0.25) is 4.79 Å². The molecule has 6 rings (SSSR count). The molecule has 3 heterocycles. The third-order valence-corrected chi connectivity index (χ3v) is 7.37. The van der Waals surface area contributed by atoms with Gasteiger partial charge in [0.25, 0.3) is 0 Å². The minimum absolute atomic E-state index is 0.184. The highest BCUT2D eigenvalue weighted by atomic mass is 32.1. The third-order valence-electron chi connectivity index (χ3n) is 6.60. The summed E-state index contributed by atoms with van der Waals surface area (Å²) in [6.07, 6.45) is 0.